The van der Waals surface area contributed by atoms with E-state index in [0.29, 0.717) is 17.4 Å². The predicted octanol–water partition coefficient (Wildman–Crippen LogP) is 4.18. The summed E-state index contributed by atoms with van der Waals surface area (Å²) >= 11 is 0. The fourth-order valence-electron chi connectivity index (χ4n) is 4.52. The molecule has 0 unspecified atom stereocenters. The first kappa shape index (κ1) is 23.6. The lowest BCUT2D eigenvalue weighted by atomic mass is 10.0. The third-order valence-electron chi connectivity index (χ3n) is 6.56. The highest BCUT2D eigenvalue weighted by Crippen LogP contribution is 2.30. The van der Waals surface area contributed by atoms with Gasteiger partial charge in [0.1, 0.15) is 12.4 Å². The number of benzene rings is 2. The molecule has 2 heterocycles. The average Bonchev–Trinajstić information content (AvgIpc) is 3.26. The number of carbonyl (C=O) groups is 1. The zero-order valence-corrected chi connectivity index (χ0v) is 18.8. The van der Waals surface area contributed by atoms with Crippen LogP contribution in [0.15, 0.2) is 48.5 Å². The molecule has 2 saturated heterocycles. The van der Waals surface area contributed by atoms with E-state index < -0.39 is 11.7 Å². The molecule has 0 spiro atoms. The van der Waals surface area contributed by atoms with Gasteiger partial charge in [0.25, 0.3) is 5.91 Å². The molecule has 0 aliphatic carbocycles. The number of nitrogens with zero attached hydrogens (tertiary/aromatic N) is 2. The van der Waals surface area contributed by atoms with Gasteiger partial charge in [-0.1, -0.05) is 12.1 Å². The van der Waals surface area contributed by atoms with E-state index in [1.54, 1.807) is 24.3 Å². The quantitative estimate of drug-likeness (QED) is 0.701. The van der Waals surface area contributed by atoms with E-state index in [9.17, 15) is 18.0 Å². The molecular weight excluding hydrogens is 431 g/mol. The van der Waals surface area contributed by atoms with Gasteiger partial charge in [-0.05, 0) is 81.4 Å². The van der Waals surface area contributed by atoms with Crippen LogP contribution in [0.5, 0.6) is 5.75 Å². The molecular formula is C25H30F3N3O2. The summed E-state index contributed by atoms with van der Waals surface area (Å²) in [5.41, 5.74) is 0.716. The Morgan fingerprint density at radius 1 is 1.00 bits per heavy atom. The lowest BCUT2D eigenvalue weighted by molar-refractivity contribution is -0.137. The molecule has 4 rings (SSSR count). The summed E-state index contributed by atoms with van der Waals surface area (Å²) in [7, 11) is 2.16. The van der Waals surface area contributed by atoms with Crippen LogP contribution in [0.25, 0.3) is 0 Å². The summed E-state index contributed by atoms with van der Waals surface area (Å²) < 4.78 is 43.5. The van der Waals surface area contributed by atoms with Crippen molar-refractivity contribution in [2.45, 2.75) is 44.1 Å². The largest absolute Gasteiger partial charge is 0.489 e. The second-order valence-electron chi connectivity index (χ2n) is 9.00. The summed E-state index contributed by atoms with van der Waals surface area (Å²) in [5, 5.41) is 3.15. The molecule has 2 aliphatic heterocycles. The molecule has 1 atom stereocenters. The van der Waals surface area contributed by atoms with Crippen molar-refractivity contribution in [1.82, 2.24) is 15.1 Å². The highest BCUT2D eigenvalue weighted by Gasteiger charge is 2.31. The summed E-state index contributed by atoms with van der Waals surface area (Å²) in [4.78, 5) is 17.5. The molecule has 178 valence electrons. The van der Waals surface area contributed by atoms with Crippen LogP contribution < -0.4 is 10.1 Å². The maximum atomic E-state index is 12.7. The lowest BCUT2D eigenvalue weighted by Gasteiger charge is -2.35. The molecule has 0 saturated carbocycles. The Bertz CT molecular complexity index is 923. The first-order chi connectivity index (χ1) is 15.8. The van der Waals surface area contributed by atoms with Crippen molar-refractivity contribution in [3.8, 4) is 5.75 Å². The number of rotatable bonds is 6. The van der Waals surface area contributed by atoms with Crippen molar-refractivity contribution < 1.29 is 22.7 Å². The number of hydrogen-bond donors (Lipinski definition) is 1. The van der Waals surface area contributed by atoms with Crippen molar-refractivity contribution >= 4 is 5.91 Å². The number of nitrogens with one attached hydrogen (secondary N) is 1. The zero-order valence-electron chi connectivity index (χ0n) is 18.8. The lowest BCUT2D eigenvalue weighted by Crippen LogP contribution is -2.44. The minimum Gasteiger partial charge on any atom is -0.489 e. The third kappa shape index (κ3) is 6.26. The molecule has 0 bridgehead atoms. The number of piperidine rings is 1. The Balaban J connectivity index is 1.24. The monoisotopic (exact) mass is 461 g/mol. The highest BCUT2D eigenvalue weighted by atomic mass is 19.4. The number of likely N-dealkylation sites (tertiary alicyclic amines) is 2. The molecule has 33 heavy (non-hydrogen) atoms. The van der Waals surface area contributed by atoms with Gasteiger partial charge < -0.3 is 15.0 Å². The Morgan fingerprint density at radius 3 is 2.30 bits per heavy atom. The Hall–Kier alpha value is -2.58. The number of alkyl halides is 3. The van der Waals surface area contributed by atoms with Crippen molar-refractivity contribution in [3.05, 3.63) is 65.2 Å². The first-order valence-corrected chi connectivity index (χ1v) is 11.4. The molecule has 5 nitrogen and oxygen atoms in total. The van der Waals surface area contributed by atoms with Crippen LogP contribution in [0.3, 0.4) is 0 Å². The van der Waals surface area contributed by atoms with Crippen molar-refractivity contribution in [2.24, 2.45) is 0 Å². The average molecular weight is 462 g/mol. The molecule has 2 aromatic rings. The molecule has 2 aliphatic rings. The Morgan fingerprint density at radius 2 is 1.67 bits per heavy atom. The predicted molar refractivity (Wildman–Crippen MR) is 120 cm³/mol. The van der Waals surface area contributed by atoms with E-state index >= 15 is 0 Å². The van der Waals surface area contributed by atoms with Gasteiger partial charge in [-0.2, -0.15) is 13.2 Å². The van der Waals surface area contributed by atoms with Crippen LogP contribution in [0, 0.1) is 0 Å². The van der Waals surface area contributed by atoms with Crippen molar-refractivity contribution in [2.75, 3.05) is 33.2 Å². The minimum absolute atomic E-state index is 0.0829. The van der Waals surface area contributed by atoms with E-state index in [1.807, 2.05) is 0 Å². The molecule has 2 aromatic carbocycles. The van der Waals surface area contributed by atoms with Gasteiger partial charge in [-0.25, -0.2) is 0 Å². The van der Waals surface area contributed by atoms with Crippen LogP contribution >= 0.6 is 0 Å². The molecule has 1 amide bonds. The van der Waals surface area contributed by atoms with Crippen LogP contribution in [-0.2, 0) is 12.8 Å². The maximum absolute atomic E-state index is 12.7. The van der Waals surface area contributed by atoms with E-state index in [4.69, 9.17) is 4.74 Å². The third-order valence-corrected chi connectivity index (χ3v) is 6.56. The smallest absolute Gasteiger partial charge is 0.416 e. The van der Waals surface area contributed by atoms with Crippen LogP contribution in [-0.4, -0.2) is 61.0 Å². The highest BCUT2D eigenvalue weighted by molar-refractivity contribution is 5.94. The fraction of sp³-hybridized carbons (Fsp3) is 0.480. The van der Waals surface area contributed by atoms with Crippen molar-refractivity contribution in [1.29, 1.82) is 0 Å². The molecule has 0 radical (unpaired) electrons. The molecule has 8 heteroatoms. The first-order valence-electron chi connectivity index (χ1n) is 11.4. The van der Waals surface area contributed by atoms with E-state index in [0.717, 1.165) is 50.3 Å². The van der Waals surface area contributed by atoms with Crippen LogP contribution in [0.2, 0.25) is 0 Å². The van der Waals surface area contributed by atoms with Gasteiger partial charge in [0.2, 0.25) is 0 Å². The number of halogens is 3. The second-order valence-corrected chi connectivity index (χ2v) is 9.00. The zero-order chi connectivity index (χ0) is 23.4. The summed E-state index contributed by atoms with van der Waals surface area (Å²) in [6.07, 6.45) is -1.02. The molecule has 2 fully saturated rings. The topological polar surface area (TPSA) is 44.8 Å². The van der Waals surface area contributed by atoms with Gasteiger partial charge >= 0.3 is 6.18 Å². The summed E-state index contributed by atoms with van der Waals surface area (Å²) in [5.74, 6) is 0.278. The fourth-order valence-corrected chi connectivity index (χ4v) is 4.52. The normalized spacial score (nSPS) is 20.7. The van der Waals surface area contributed by atoms with Gasteiger partial charge in [0.05, 0.1) is 5.56 Å². The van der Waals surface area contributed by atoms with Gasteiger partial charge in [-0.3, -0.25) is 9.69 Å². The van der Waals surface area contributed by atoms with Gasteiger partial charge in [-0.15, -0.1) is 0 Å². The molecule has 1 N–H and O–H groups in total. The maximum Gasteiger partial charge on any atom is 0.416 e. The Kier molecular flexibility index (Phi) is 7.24. The summed E-state index contributed by atoms with van der Waals surface area (Å²) in [6, 6.07) is 12.5. The number of amides is 1. The van der Waals surface area contributed by atoms with E-state index in [-0.39, 0.29) is 18.6 Å². The van der Waals surface area contributed by atoms with E-state index in [2.05, 4.69) is 22.2 Å². The van der Waals surface area contributed by atoms with Crippen molar-refractivity contribution in [3.63, 3.8) is 0 Å². The minimum atomic E-state index is -4.36. The van der Waals surface area contributed by atoms with E-state index in [1.165, 1.54) is 25.0 Å². The summed E-state index contributed by atoms with van der Waals surface area (Å²) in [6.45, 7) is 4.40. The number of hydrogen-bond acceptors (Lipinski definition) is 4. The standard InChI is InChI=1S/C25H30F3N3O2/c1-30-13-11-22(12-14-30)31-15-10-21(16-31)29-24(32)19-4-2-18(3-5-19)17-33-23-8-6-20(7-9-23)25(26,27)28/h2-9,21-22H,10-17H2,1H3,(H,29,32)/t21-/m1/s1. The van der Waals surface area contributed by atoms with Gasteiger partial charge in [0, 0.05) is 30.7 Å². The SMILES string of the molecule is CN1CCC(N2CC[C@@H](NC(=O)c3ccc(COc4ccc(C(F)(F)F)cc4)cc3)C2)CC1. The van der Waals surface area contributed by atoms with Gasteiger partial charge in [0.15, 0.2) is 0 Å². The van der Waals surface area contributed by atoms with Crippen LogP contribution in [0.4, 0.5) is 13.2 Å². The number of ether oxygens (including phenoxy) is 1. The Labute approximate surface area is 192 Å². The molecule has 0 aromatic heterocycles. The van der Waals surface area contributed by atoms with Crippen LogP contribution in [0.1, 0.15) is 40.7 Å². The number of carbonyl (C=O) groups excluding carboxylic acids is 1. The second kappa shape index (κ2) is 10.1.